The molecule has 6 heterocycles. The summed E-state index contributed by atoms with van der Waals surface area (Å²) in [6.07, 6.45) is 8.86. The van der Waals surface area contributed by atoms with E-state index < -0.39 is 5.41 Å². The van der Waals surface area contributed by atoms with Gasteiger partial charge in [0.15, 0.2) is 0 Å². The Morgan fingerprint density at radius 1 is 1.09 bits per heavy atom. The average Bonchev–Trinajstić information content (AvgIpc) is 3.14. The van der Waals surface area contributed by atoms with Gasteiger partial charge in [0, 0.05) is 12.1 Å². The summed E-state index contributed by atoms with van der Waals surface area (Å²) >= 11 is 0. The van der Waals surface area contributed by atoms with Crippen molar-refractivity contribution in [2.45, 2.75) is 81.9 Å². The summed E-state index contributed by atoms with van der Waals surface area (Å²) in [4.78, 5) is 29.9. The molecule has 2 bridgehead atoms. The van der Waals surface area contributed by atoms with Gasteiger partial charge in [-0.2, -0.15) is 0 Å². The topological polar surface area (TPSA) is 70.7 Å². The number of benzene rings is 1. The van der Waals surface area contributed by atoms with E-state index in [1.165, 1.54) is 0 Å². The maximum Gasteiger partial charge on any atom is 0.241 e. The monoisotopic (exact) mass is 447 g/mol. The Kier molecular flexibility index (Phi) is 3.44. The van der Waals surface area contributed by atoms with Crippen molar-refractivity contribution >= 4 is 23.6 Å². The number of fused-ring (bicyclic) bond motifs is 5. The molecule has 8 rings (SSSR count). The van der Waals surface area contributed by atoms with Crippen molar-refractivity contribution < 1.29 is 14.3 Å². The third-order valence-electron chi connectivity index (χ3n) is 10.2. The second-order valence-electron chi connectivity index (χ2n) is 12.5. The smallest absolute Gasteiger partial charge is 0.241 e. The van der Waals surface area contributed by atoms with Crippen LogP contribution in [0.4, 0.5) is 5.69 Å². The number of hydrogen-bond acceptors (Lipinski definition) is 4. The molecule has 5 fully saturated rings. The first kappa shape index (κ1) is 20.1. The van der Waals surface area contributed by atoms with E-state index in [0.29, 0.717) is 6.42 Å². The zero-order chi connectivity index (χ0) is 23.0. The third-order valence-corrected chi connectivity index (χ3v) is 10.2. The highest BCUT2D eigenvalue weighted by Crippen LogP contribution is 2.70. The quantitative estimate of drug-likeness (QED) is 0.638. The molecule has 2 amide bonds. The fourth-order valence-corrected chi connectivity index (χ4v) is 8.63. The van der Waals surface area contributed by atoms with Crippen LogP contribution in [0.1, 0.15) is 70.9 Å². The Labute approximate surface area is 195 Å². The highest BCUT2D eigenvalue weighted by Gasteiger charge is 2.77. The zero-order valence-electron chi connectivity index (χ0n) is 20.0. The molecular formula is C27H33N3O3. The molecule has 4 saturated heterocycles. The van der Waals surface area contributed by atoms with Crippen LogP contribution in [0.3, 0.4) is 0 Å². The number of hydrogen-bond donors (Lipinski definition) is 2. The van der Waals surface area contributed by atoms with Gasteiger partial charge in [-0.25, -0.2) is 0 Å². The van der Waals surface area contributed by atoms with E-state index in [-0.39, 0.29) is 39.8 Å². The summed E-state index contributed by atoms with van der Waals surface area (Å²) in [5.74, 6) is 1.34. The van der Waals surface area contributed by atoms with Crippen LogP contribution >= 0.6 is 0 Å². The molecule has 174 valence electrons. The van der Waals surface area contributed by atoms with Gasteiger partial charge < -0.3 is 15.4 Å². The molecule has 1 aromatic rings. The Morgan fingerprint density at radius 3 is 2.73 bits per heavy atom. The second kappa shape index (κ2) is 5.65. The highest BCUT2D eigenvalue weighted by molar-refractivity contribution is 6.10. The lowest BCUT2D eigenvalue weighted by Crippen LogP contribution is -2.80. The van der Waals surface area contributed by atoms with Crippen molar-refractivity contribution in [3.05, 3.63) is 29.3 Å². The Balaban J connectivity index is 1.40. The molecule has 1 aromatic carbocycles. The van der Waals surface area contributed by atoms with Gasteiger partial charge >= 0.3 is 0 Å². The fourth-order valence-electron chi connectivity index (χ4n) is 8.63. The first-order chi connectivity index (χ1) is 15.5. The molecule has 4 atom stereocenters. The van der Waals surface area contributed by atoms with Gasteiger partial charge in [0.05, 0.1) is 16.6 Å². The summed E-state index contributed by atoms with van der Waals surface area (Å²) in [7, 11) is 0. The molecule has 2 unspecified atom stereocenters. The van der Waals surface area contributed by atoms with Crippen molar-refractivity contribution in [1.82, 2.24) is 10.2 Å². The number of nitrogens with zero attached hydrogens (tertiary/aromatic N) is 1. The first-order valence-electron chi connectivity index (χ1n) is 12.5. The normalized spacial score (nSPS) is 41.0. The molecule has 6 heteroatoms. The summed E-state index contributed by atoms with van der Waals surface area (Å²) in [6, 6.07) is 4.14. The van der Waals surface area contributed by atoms with E-state index >= 15 is 0 Å². The molecule has 1 aliphatic carbocycles. The number of anilines is 1. The number of carbonyl (C=O) groups is 2. The van der Waals surface area contributed by atoms with Crippen molar-refractivity contribution in [2.24, 2.45) is 11.3 Å². The minimum absolute atomic E-state index is 0.0751. The Bertz CT molecular complexity index is 1170. The molecular weight excluding hydrogens is 414 g/mol. The van der Waals surface area contributed by atoms with Crippen LogP contribution in [0, 0.1) is 11.3 Å². The maximum absolute atomic E-state index is 14.0. The summed E-state index contributed by atoms with van der Waals surface area (Å²) in [6.45, 7) is 10.5. The number of piperidine rings is 3. The predicted molar refractivity (Wildman–Crippen MR) is 126 cm³/mol. The number of ether oxygens (including phenoxy) is 1. The number of rotatable bonds is 0. The van der Waals surface area contributed by atoms with Gasteiger partial charge in [0.2, 0.25) is 11.8 Å². The standard InChI is InChI=1S/C27H33N3O3/c1-23(2)11-9-16-18(33-23)8-7-17-20(16)28-22(32)27(17)14-25-15-30-12-6-5-10-26(30,21(31)29-25)13-19(25)24(27,3)4/h7-9,11,19H,5-6,10,12-15H2,1-4H3,(H,28,32)(H,29,31)/t19?,25-,26?,27-/m0/s1. The summed E-state index contributed by atoms with van der Waals surface area (Å²) < 4.78 is 6.20. The van der Waals surface area contributed by atoms with Gasteiger partial charge in [0.25, 0.3) is 0 Å². The molecule has 6 nitrogen and oxygen atoms in total. The summed E-state index contributed by atoms with van der Waals surface area (Å²) in [5.41, 5.74) is 0.853. The maximum atomic E-state index is 14.0. The van der Waals surface area contributed by atoms with Crippen LogP contribution in [0.15, 0.2) is 18.2 Å². The van der Waals surface area contributed by atoms with Crippen LogP contribution in [0.2, 0.25) is 0 Å². The minimum atomic E-state index is -0.670. The van der Waals surface area contributed by atoms with Crippen molar-refractivity contribution in [3.63, 3.8) is 0 Å². The SMILES string of the molecule is CC1(C)C=Cc2c(ccc3c2NC(=O)[C@]32C[C@]34CN5CCCCC5(CC3C2(C)C)C(=O)N4)O1. The number of amides is 2. The van der Waals surface area contributed by atoms with Crippen molar-refractivity contribution in [1.29, 1.82) is 0 Å². The van der Waals surface area contributed by atoms with E-state index in [9.17, 15) is 9.59 Å². The lowest BCUT2D eigenvalue weighted by Gasteiger charge is -2.63. The molecule has 0 aromatic heterocycles. The Morgan fingerprint density at radius 2 is 1.91 bits per heavy atom. The largest absolute Gasteiger partial charge is 0.483 e. The van der Waals surface area contributed by atoms with Crippen molar-refractivity contribution in [3.8, 4) is 5.75 Å². The fraction of sp³-hybridized carbons (Fsp3) is 0.630. The lowest BCUT2D eigenvalue weighted by molar-refractivity contribution is -0.167. The van der Waals surface area contributed by atoms with Gasteiger partial charge in [-0.15, -0.1) is 0 Å². The highest BCUT2D eigenvalue weighted by atomic mass is 16.5. The predicted octanol–water partition coefficient (Wildman–Crippen LogP) is 3.60. The van der Waals surface area contributed by atoms with Gasteiger partial charge in [-0.05, 0) is 87.6 Å². The van der Waals surface area contributed by atoms with Crippen LogP contribution < -0.4 is 15.4 Å². The molecule has 3 spiro atoms. The van der Waals surface area contributed by atoms with Gasteiger partial charge in [-0.1, -0.05) is 19.9 Å². The molecule has 1 saturated carbocycles. The molecule has 7 aliphatic rings. The summed E-state index contributed by atoms with van der Waals surface area (Å²) in [5, 5.41) is 6.79. The van der Waals surface area contributed by atoms with Crippen LogP contribution in [-0.4, -0.2) is 46.5 Å². The van der Waals surface area contributed by atoms with E-state index in [1.54, 1.807) is 0 Å². The second-order valence-corrected chi connectivity index (χ2v) is 12.5. The van der Waals surface area contributed by atoms with E-state index in [1.807, 2.05) is 19.9 Å². The van der Waals surface area contributed by atoms with E-state index in [2.05, 4.69) is 47.6 Å². The number of nitrogens with one attached hydrogen (secondary N) is 2. The van der Waals surface area contributed by atoms with E-state index in [0.717, 1.165) is 61.3 Å². The average molecular weight is 448 g/mol. The number of carbonyl (C=O) groups excluding carboxylic acids is 2. The van der Waals surface area contributed by atoms with E-state index in [4.69, 9.17) is 4.74 Å². The van der Waals surface area contributed by atoms with Crippen molar-refractivity contribution in [2.75, 3.05) is 18.4 Å². The first-order valence-corrected chi connectivity index (χ1v) is 12.5. The van der Waals surface area contributed by atoms with Crippen LogP contribution in [0.25, 0.3) is 6.08 Å². The number of piperazine rings is 1. The molecule has 2 N–H and O–H groups in total. The van der Waals surface area contributed by atoms with Gasteiger partial charge in [-0.3, -0.25) is 14.5 Å². The lowest BCUT2D eigenvalue weighted by atomic mass is 9.56. The third kappa shape index (κ3) is 2.11. The van der Waals surface area contributed by atoms with Crippen LogP contribution in [-0.2, 0) is 15.0 Å². The minimum Gasteiger partial charge on any atom is -0.483 e. The molecule has 33 heavy (non-hydrogen) atoms. The zero-order valence-corrected chi connectivity index (χ0v) is 20.0. The molecule has 6 aliphatic heterocycles. The Hall–Kier alpha value is -2.34. The van der Waals surface area contributed by atoms with Gasteiger partial charge in [0.1, 0.15) is 16.9 Å². The van der Waals surface area contributed by atoms with Crippen LogP contribution in [0.5, 0.6) is 5.75 Å². The molecule has 0 radical (unpaired) electrons.